The van der Waals surface area contributed by atoms with Gasteiger partial charge in [0, 0.05) is 6.42 Å². The lowest BCUT2D eigenvalue weighted by Gasteiger charge is -2.08. The zero-order valence-electron chi connectivity index (χ0n) is 10.9. The highest BCUT2D eigenvalue weighted by atomic mass is 16.6. The topological polar surface area (TPSA) is 54.0 Å². The highest BCUT2D eigenvalue weighted by molar-refractivity contribution is 5.49. The van der Waals surface area contributed by atoms with E-state index in [1.165, 1.54) is 0 Å². The van der Waals surface area contributed by atoms with Gasteiger partial charge in [0.15, 0.2) is 0 Å². The lowest BCUT2D eigenvalue weighted by molar-refractivity contribution is -0.108. The summed E-state index contributed by atoms with van der Waals surface area (Å²) in [6.07, 6.45) is 1.53. The Kier molecular flexibility index (Phi) is 13.2. The van der Waals surface area contributed by atoms with E-state index in [0.29, 0.717) is 52.7 Å². The second-order valence-electron chi connectivity index (χ2n) is 3.71. The van der Waals surface area contributed by atoms with Crippen molar-refractivity contribution in [2.45, 2.75) is 26.4 Å². The van der Waals surface area contributed by atoms with E-state index in [2.05, 4.69) is 0 Å². The first kappa shape index (κ1) is 16.5. The van der Waals surface area contributed by atoms with Gasteiger partial charge < -0.3 is 23.7 Å². The molecule has 0 aromatic rings. The van der Waals surface area contributed by atoms with Crippen molar-refractivity contribution in [3.63, 3.8) is 0 Å². The predicted molar refractivity (Wildman–Crippen MR) is 64.2 cm³/mol. The van der Waals surface area contributed by atoms with Gasteiger partial charge in [-0.05, 0) is 13.8 Å². The van der Waals surface area contributed by atoms with Crippen molar-refractivity contribution in [2.24, 2.45) is 0 Å². The maximum atomic E-state index is 9.97. The van der Waals surface area contributed by atoms with Crippen molar-refractivity contribution < 1.29 is 23.7 Å². The Morgan fingerprint density at radius 1 is 0.824 bits per heavy atom. The fraction of sp³-hybridized carbons (Fsp3) is 0.917. The number of rotatable bonds is 13. The standard InChI is InChI=1S/C12H24O5/c1-12(2)17-11-10-16-9-8-15-7-6-14-5-3-4-13/h4,12H,3,5-11H2,1-2H3. The SMILES string of the molecule is CC(C)OCCOCCOCCOCCC=O. The van der Waals surface area contributed by atoms with Gasteiger partial charge in [0.2, 0.25) is 0 Å². The lowest BCUT2D eigenvalue weighted by atomic mass is 10.5. The van der Waals surface area contributed by atoms with E-state index < -0.39 is 0 Å². The average molecular weight is 248 g/mol. The number of carbonyl (C=O) groups is 1. The Hall–Kier alpha value is -0.490. The van der Waals surface area contributed by atoms with E-state index in [1.54, 1.807) is 0 Å². The summed E-state index contributed by atoms with van der Waals surface area (Å²) in [5.74, 6) is 0. The molecule has 0 heterocycles. The molecule has 0 spiro atoms. The Morgan fingerprint density at radius 2 is 1.29 bits per heavy atom. The van der Waals surface area contributed by atoms with Gasteiger partial charge in [0.05, 0.1) is 52.4 Å². The minimum atomic E-state index is 0.248. The Balaban J connectivity index is 2.91. The van der Waals surface area contributed by atoms with E-state index in [9.17, 15) is 4.79 Å². The van der Waals surface area contributed by atoms with Crippen LogP contribution in [0.1, 0.15) is 20.3 Å². The summed E-state index contributed by atoms with van der Waals surface area (Å²) in [4.78, 5) is 9.97. The van der Waals surface area contributed by atoms with Gasteiger partial charge in [-0.25, -0.2) is 0 Å². The van der Waals surface area contributed by atoms with Crippen molar-refractivity contribution in [1.82, 2.24) is 0 Å². The summed E-state index contributed by atoms with van der Waals surface area (Å²) in [6, 6.07) is 0. The second-order valence-corrected chi connectivity index (χ2v) is 3.71. The first-order valence-corrected chi connectivity index (χ1v) is 6.06. The summed E-state index contributed by atoms with van der Waals surface area (Å²) in [5, 5.41) is 0. The van der Waals surface area contributed by atoms with Crippen LogP contribution in [0.15, 0.2) is 0 Å². The molecule has 0 aliphatic carbocycles. The fourth-order valence-corrected chi connectivity index (χ4v) is 1.02. The van der Waals surface area contributed by atoms with Gasteiger partial charge >= 0.3 is 0 Å². The minimum absolute atomic E-state index is 0.248. The van der Waals surface area contributed by atoms with Crippen LogP contribution >= 0.6 is 0 Å². The summed E-state index contributed by atoms with van der Waals surface area (Å²) < 4.78 is 21.0. The summed E-state index contributed by atoms with van der Waals surface area (Å²) >= 11 is 0. The number of aldehydes is 1. The molecule has 0 aliphatic heterocycles. The van der Waals surface area contributed by atoms with E-state index in [1.807, 2.05) is 13.8 Å². The third-order valence-corrected chi connectivity index (χ3v) is 1.80. The largest absolute Gasteiger partial charge is 0.379 e. The van der Waals surface area contributed by atoms with Gasteiger partial charge in [0.1, 0.15) is 6.29 Å². The third kappa shape index (κ3) is 15.5. The smallest absolute Gasteiger partial charge is 0.122 e. The van der Waals surface area contributed by atoms with Crippen LogP contribution in [0.3, 0.4) is 0 Å². The number of hydrogen-bond acceptors (Lipinski definition) is 5. The first-order valence-electron chi connectivity index (χ1n) is 6.06. The van der Waals surface area contributed by atoms with Crippen molar-refractivity contribution in [1.29, 1.82) is 0 Å². The molecule has 102 valence electrons. The first-order chi connectivity index (χ1) is 8.27. The van der Waals surface area contributed by atoms with E-state index in [4.69, 9.17) is 18.9 Å². The maximum absolute atomic E-state index is 9.97. The number of carbonyl (C=O) groups excluding carboxylic acids is 1. The van der Waals surface area contributed by atoms with Crippen LogP contribution in [-0.2, 0) is 23.7 Å². The quantitative estimate of drug-likeness (QED) is 0.360. The molecule has 0 radical (unpaired) electrons. The van der Waals surface area contributed by atoms with Crippen molar-refractivity contribution in [3.05, 3.63) is 0 Å². The van der Waals surface area contributed by atoms with Crippen LogP contribution in [-0.4, -0.2) is 58.6 Å². The molecule has 5 nitrogen and oxygen atoms in total. The molecule has 17 heavy (non-hydrogen) atoms. The maximum Gasteiger partial charge on any atom is 0.122 e. The van der Waals surface area contributed by atoms with Crippen molar-refractivity contribution in [3.8, 4) is 0 Å². The van der Waals surface area contributed by atoms with E-state index in [-0.39, 0.29) is 6.10 Å². The van der Waals surface area contributed by atoms with Gasteiger partial charge in [-0.3, -0.25) is 0 Å². The molecule has 0 unspecified atom stereocenters. The highest BCUT2D eigenvalue weighted by Crippen LogP contribution is 1.87. The molecule has 0 aromatic carbocycles. The predicted octanol–water partition coefficient (Wildman–Crippen LogP) is 1.05. The summed E-state index contributed by atoms with van der Waals surface area (Å²) in [5.41, 5.74) is 0. The van der Waals surface area contributed by atoms with Crippen LogP contribution in [0.5, 0.6) is 0 Å². The summed E-state index contributed by atoms with van der Waals surface area (Å²) in [7, 11) is 0. The number of hydrogen-bond donors (Lipinski definition) is 0. The lowest BCUT2D eigenvalue weighted by Crippen LogP contribution is -2.13. The van der Waals surface area contributed by atoms with Crippen molar-refractivity contribution >= 4 is 6.29 Å². The van der Waals surface area contributed by atoms with Gasteiger partial charge in [-0.1, -0.05) is 0 Å². The monoisotopic (exact) mass is 248 g/mol. The molecular formula is C12H24O5. The van der Waals surface area contributed by atoms with Crippen LogP contribution in [0.2, 0.25) is 0 Å². The van der Waals surface area contributed by atoms with E-state index >= 15 is 0 Å². The molecular weight excluding hydrogens is 224 g/mol. The molecule has 0 aliphatic rings. The Morgan fingerprint density at radius 3 is 1.76 bits per heavy atom. The third-order valence-electron chi connectivity index (χ3n) is 1.80. The molecule has 0 aromatic heterocycles. The molecule has 0 N–H and O–H groups in total. The summed E-state index contributed by atoms with van der Waals surface area (Å²) in [6.45, 7) is 7.84. The van der Waals surface area contributed by atoms with Crippen LogP contribution in [0, 0.1) is 0 Å². The second kappa shape index (κ2) is 13.6. The molecule has 0 saturated carbocycles. The Labute approximate surface area is 103 Å². The van der Waals surface area contributed by atoms with Crippen LogP contribution < -0.4 is 0 Å². The van der Waals surface area contributed by atoms with Crippen molar-refractivity contribution in [2.75, 3.05) is 46.2 Å². The molecule has 0 saturated heterocycles. The van der Waals surface area contributed by atoms with Gasteiger partial charge in [-0.15, -0.1) is 0 Å². The molecule has 0 rings (SSSR count). The zero-order valence-corrected chi connectivity index (χ0v) is 10.9. The van der Waals surface area contributed by atoms with E-state index in [0.717, 1.165) is 6.29 Å². The van der Waals surface area contributed by atoms with Gasteiger partial charge in [-0.2, -0.15) is 0 Å². The molecule has 0 atom stereocenters. The van der Waals surface area contributed by atoms with Crippen LogP contribution in [0.25, 0.3) is 0 Å². The van der Waals surface area contributed by atoms with Gasteiger partial charge in [0.25, 0.3) is 0 Å². The minimum Gasteiger partial charge on any atom is -0.379 e. The fourth-order valence-electron chi connectivity index (χ4n) is 1.02. The molecule has 0 bridgehead atoms. The molecule has 5 heteroatoms. The van der Waals surface area contributed by atoms with Crippen LogP contribution in [0.4, 0.5) is 0 Å². The highest BCUT2D eigenvalue weighted by Gasteiger charge is 1.94. The molecule has 0 fully saturated rings. The number of ether oxygens (including phenoxy) is 4. The average Bonchev–Trinajstić information content (AvgIpc) is 2.30. The normalized spacial score (nSPS) is 11.0. The zero-order chi connectivity index (χ0) is 12.8. The Bertz CT molecular complexity index is 161. The molecule has 0 amide bonds.